The van der Waals surface area contributed by atoms with E-state index in [2.05, 4.69) is 37.2 Å². The third-order valence-corrected chi connectivity index (χ3v) is 9.14. The first-order valence-corrected chi connectivity index (χ1v) is 17.7. The number of amides is 4. The molecule has 0 aliphatic carbocycles. The fourth-order valence-corrected chi connectivity index (χ4v) is 6.86. The second-order valence-corrected chi connectivity index (χ2v) is 14.4. The number of nitrogens with one attached hydrogen (secondary N) is 1. The van der Waals surface area contributed by atoms with E-state index in [0.717, 1.165) is 16.7 Å². The van der Waals surface area contributed by atoms with Crippen LogP contribution in [0.5, 0.6) is 11.5 Å². The molecule has 2 atom stereocenters. The van der Waals surface area contributed by atoms with Gasteiger partial charge in [-0.05, 0) is 34.2 Å². The predicted octanol–water partition coefficient (Wildman–Crippen LogP) is -3.06. The van der Waals surface area contributed by atoms with E-state index >= 15 is 0 Å². The van der Waals surface area contributed by atoms with Crippen LogP contribution in [0.3, 0.4) is 0 Å². The molecule has 13 nitrogen and oxygen atoms in total. The largest absolute Gasteiger partial charge is 1.00 e. The number of phosphoric acid groups is 1. The molecule has 5 rings (SSSR count). The molecule has 2 heterocycles. The molecule has 0 radical (unpaired) electrons. The van der Waals surface area contributed by atoms with E-state index in [0.29, 0.717) is 11.3 Å². The molecule has 0 spiro atoms. The number of para-hydroxylation sites is 1. The molecule has 4 amide bonds. The Morgan fingerprint density at radius 3 is 2.27 bits per heavy atom. The van der Waals surface area contributed by atoms with Crippen LogP contribution in [0.2, 0.25) is 0 Å². The first kappa shape index (κ1) is 43.7. The van der Waals surface area contributed by atoms with Gasteiger partial charge in [-0.15, -0.1) is 6.58 Å². The van der Waals surface area contributed by atoms with Gasteiger partial charge in [0.15, 0.2) is 0 Å². The number of nitrogens with zero attached hydrogens (tertiary/aromatic N) is 4. The summed E-state index contributed by atoms with van der Waals surface area (Å²) in [6.07, 6.45) is 0.782. The Morgan fingerprint density at radius 1 is 1.00 bits per heavy atom. The van der Waals surface area contributed by atoms with Crippen LogP contribution in [0.1, 0.15) is 43.0 Å². The molecule has 0 saturated carbocycles. The number of carbonyl (C=O) groups excluding carboxylic acids is 3. The third kappa shape index (κ3) is 10.5. The van der Waals surface area contributed by atoms with E-state index in [1.54, 1.807) is 23.1 Å². The van der Waals surface area contributed by atoms with Gasteiger partial charge in [0.25, 0.3) is 0 Å². The molecule has 266 valence electrons. The summed E-state index contributed by atoms with van der Waals surface area (Å²) in [5.74, 6) is -0.184. The molecule has 2 fully saturated rings. The second-order valence-electron chi connectivity index (χ2n) is 13.3. The number of fused-ring (bicyclic) bond motifs is 1. The maximum atomic E-state index is 14.5. The predicted molar refractivity (Wildman–Crippen MR) is 182 cm³/mol. The van der Waals surface area contributed by atoms with Gasteiger partial charge in [0.05, 0.1) is 20.2 Å². The van der Waals surface area contributed by atoms with Crippen molar-refractivity contribution >= 4 is 25.7 Å². The average molecular weight is 750 g/mol. The molecule has 3 aromatic rings. The van der Waals surface area contributed by atoms with Crippen LogP contribution in [-0.4, -0.2) is 76.6 Å². The maximum Gasteiger partial charge on any atom is 1.00 e. The number of carbonyl (C=O) groups is 3. The van der Waals surface area contributed by atoms with Gasteiger partial charge >= 0.3 is 65.1 Å². The van der Waals surface area contributed by atoms with E-state index in [1.807, 2.05) is 48.5 Å². The Morgan fingerprint density at radius 2 is 1.67 bits per heavy atom. The summed E-state index contributed by atoms with van der Waals surface area (Å²) in [5.41, 5.74) is 2.96. The van der Waals surface area contributed by atoms with Crippen LogP contribution >= 0.6 is 7.82 Å². The van der Waals surface area contributed by atoms with Gasteiger partial charge < -0.3 is 38.7 Å². The summed E-state index contributed by atoms with van der Waals surface area (Å²) in [5, 5.41) is 6.10. The fraction of sp³-hybridized carbons (Fsp3) is 0.361. The maximum absolute atomic E-state index is 14.5. The number of ether oxygens (including phenoxy) is 1. The summed E-state index contributed by atoms with van der Waals surface area (Å²) < 4.78 is 21.5. The third-order valence-electron chi connectivity index (χ3n) is 8.70. The molecule has 2 aliphatic heterocycles. The molecule has 0 bridgehead atoms. The van der Waals surface area contributed by atoms with Crippen molar-refractivity contribution in [3.8, 4) is 11.5 Å². The number of urea groups is 1. The molecule has 3 aromatic carbocycles. The monoisotopic (exact) mass is 749 g/mol. The normalized spacial score (nSPS) is 17.8. The first-order chi connectivity index (χ1) is 23.7. The summed E-state index contributed by atoms with van der Waals surface area (Å²) in [6, 6.07) is 19.5. The Hall–Kier alpha value is -2.68. The van der Waals surface area contributed by atoms with Gasteiger partial charge in [-0.25, -0.2) is 14.8 Å². The van der Waals surface area contributed by atoms with E-state index in [-0.39, 0.29) is 121 Å². The van der Waals surface area contributed by atoms with Crippen molar-refractivity contribution in [2.24, 2.45) is 0 Å². The van der Waals surface area contributed by atoms with Gasteiger partial charge in [0, 0.05) is 31.6 Å². The summed E-state index contributed by atoms with van der Waals surface area (Å²) >= 11 is 0. The molecule has 2 aliphatic rings. The Bertz CT molecular complexity index is 1770. The van der Waals surface area contributed by atoms with Crippen LogP contribution < -0.4 is 83.5 Å². The van der Waals surface area contributed by atoms with Crippen LogP contribution in [0.4, 0.5) is 4.79 Å². The van der Waals surface area contributed by atoms with Crippen molar-refractivity contribution in [1.82, 2.24) is 25.1 Å². The number of rotatable bonds is 11. The van der Waals surface area contributed by atoms with Gasteiger partial charge in [-0.3, -0.25) is 9.59 Å². The number of benzene rings is 3. The second kappa shape index (κ2) is 18.6. The zero-order valence-electron chi connectivity index (χ0n) is 30.6. The van der Waals surface area contributed by atoms with Crippen LogP contribution in [0.25, 0.3) is 0 Å². The van der Waals surface area contributed by atoms with Crippen molar-refractivity contribution in [3.63, 3.8) is 0 Å². The average Bonchev–Trinajstić information content (AvgIpc) is 3.05. The van der Waals surface area contributed by atoms with Crippen LogP contribution in [-0.2, 0) is 39.1 Å². The number of piperazine rings is 1. The van der Waals surface area contributed by atoms with E-state index in [4.69, 9.17) is 4.74 Å². The number of hydrogen-bond acceptors (Lipinski definition) is 9. The quantitative estimate of drug-likeness (QED) is 0.122. The molecule has 1 N–H and O–H groups in total. The number of methoxy groups -OCH3 is 1. The van der Waals surface area contributed by atoms with Crippen molar-refractivity contribution in [2.75, 3.05) is 26.7 Å². The van der Waals surface area contributed by atoms with Crippen molar-refractivity contribution in [1.29, 1.82) is 0 Å². The number of hydrogen-bond donors (Lipinski definition) is 1. The molecule has 0 aromatic heterocycles. The topological polar surface area (TPSA) is 158 Å². The molecule has 52 heavy (non-hydrogen) atoms. The molecular weight excluding hydrogens is 707 g/mol. The molecule has 0 unspecified atom stereocenters. The SMILES string of the molecule is C=CCN1CC(=O)N2[C@@H](Cc3ccc(OP(=O)([O-])[O-])cc3)C(=O)N(Cc3cccc(C(C)(C)C)c3OC)C[C@@H]2N1C(=O)NCc1ccccc1.[Na+].[Na+]. The summed E-state index contributed by atoms with van der Waals surface area (Å²) in [7, 11) is -3.68. The summed E-state index contributed by atoms with van der Waals surface area (Å²) in [4.78, 5) is 67.8. The Kier molecular flexibility index (Phi) is 15.6. The van der Waals surface area contributed by atoms with Crippen molar-refractivity contribution in [2.45, 2.75) is 57.9 Å². The molecule has 16 heteroatoms. The minimum atomic E-state index is -5.27. The van der Waals surface area contributed by atoms with Gasteiger partial charge in [-0.1, -0.05) is 87.5 Å². The van der Waals surface area contributed by atoms with Crippen molar-refractivity contribution in [3.05, 3.63) is 108 Å². The van der Waals surface area contributed by atoms with E-state index < -0.39 is 26.1 Å². The Labute approximate surface area is 349 Å². The van der Waals surface area contributed by atoms with E-state index in [9.17, 15) is 28.7 Å². The standard InChI is InChI=1S/C36H44N5O8P.2Na/c1-6-19-39-24-32(42)40-30(20-25-15-17-28(18-16-25)49-50(45,46)47)34(43)38(22-27-13-10-14-29(33(27)48-5)36(2,3)4)23-31(40)41(39)35(44)37-21-26-11-8-7-9-12-26;;/h6-18,30-31H,1,19-24H2,2-5H3,(H,37,44)(H2,45,46,47);;/q;2*+1/p-2/t30-,31-;;/m0../s1. The van der Waals surface area contributed by atoms with E-state index in [1.165, 1.54) is 34.2 Å². The van der Waals surface area contributed by atoms with Crippen LogP contribution in [0, 0.1) is 0 Å². The zero-order valence-corrected chi connectivity index (χ0v) is 35.5. The molecular formula is C36H42N5Na2O8P. The fourth-order valence-electron chi connectivity index (χ4n) is 6.48. The smallest absolute Gasteiger partial charge is 0.780 e. The minimum absolute atomic E-state index is 0. The van der Waals surface area contributed by atoms with Gasteiger partial charge in [-0.2, -0.15) is 0 Å². The zero-order chi connectivity index (χ0) is 36.2. The first-order valence-electron chi connectivity index (χ1n) is 16.2. The summed E-state index contributed by atoms with van der Waals surface area (Å²) in [6.45, 7) is 10.5. The number of phosphoric ester groups is 1. The Balaban J connectivity index is 0.00000364. The minimum Gasteiger partial charge on any atom is -0.780 e. The van der Waals surface area contributed by atoms with Gasteiger partial charge in [0.2, 0.25) is 11.8 Å². The van der Waals surface area contributed by atoms with Crippen molar-refractivity contribution < 1.29 is 97.1 Å². The number of hydrazine groups is 1. The van der Waals surface area contributed by atoms with Gasteiger partial charge in [0.1, 0.15) is 31.5 Å². The van der Waals surface area contributed by atoms with Crippen LogP contribution in [0.15, 0.2) is 85.5 Å². The molecule has 2 saturated heterocycles.